The number of benzene rings is 1. The molecule has 4 rings (SSSR count). The molecule has 0 radical (unpaired) electrons. The zero-order chi connectivity index (χ0) is 19.7. The summed E-state index contributed by atoms with van der Waals surface area (Å²) in [7, 11) is -3.45. The number of anilines is 1. The molecule has 3 aromatic rings. The van der Waals surface area contributed by atoms with E-state index in [1.54, 1.807) is 30.6 Å². The number of sulfonamides is 1. The highest BCUT2D eigenvalue weighted by molar-refractivity contribution is 7.92. The average molecular weight is 398 g/mol. The SMILES string of the molecule is CS(=O)(=O)N1CC(c2ncn[nH]2)c2cc(C(=O)NCc3ccncc3)ccc21. The van der Waals surface area contributed by atoms with Gasteiger partial charge in [0, 0.05) is 31.0 Å². The van der Waals surface area contributed by atoms with Gasteiger partial charge in [-0.1, -0.05) is 0 Å². The fraction of sp³-hybridized carbons (Fsp3) is 0.222. The number of amides is 1. The van der Waals surface area contributed by atoms with E-state index in [1.807, 2.05) is 12.1 Å². The van der Waals surface area contributed by atoms with Gasteiger partial charge in [0.2, 0.25) is 10.0 Å². The summed E-state index contributed by atoms with van der Waals surface area (Å²) in [6.45, 7) is 0.588. The van der Waals surface area contributed by atoms with E-state index in [1.165, 1.54) is 10.6 Å². The van der Waals surface area contributed by atoms with Crippen LogP contribution in [0.25, 0.3) is 0 Å². The van der Waals surface area contributed by atoms with E-state index in [0.717, 1.165) is 17.4 Å². The number of hydrogen-bond donors (Lipinski definition) is 2. The van der Waals surface area contributed by atoms with Crippen LogP contribution >= 0.6 is 0 Å². The Bertz CT molecular complexity index is 1100. The molecule has 0 spiro atoms. The van der Waals surface area contributed by atoms with Gasteiger partial charge in [0.25, 0.3) is 5.91 Å². The minimum atomic E-state index is -3.45. The second-order valence-corrected chi connectivity index (χ2v) is 8.44. The molecule has 1 aliphatic heterocycles. The number of rotatable bonds is 5. The molecule has 1 amide bonds. The molecule has 0 saturated carbocycles. The lowest BCUT2D eigenvalue weighted by Gasteiger charge is -2.16. The van der Waals surface area contributed by atoms with Crippen molar-refractivity contribution in [3.63, 3.8) is 0 Å². The smallest absolute Gasteiger partial charge is 0.251 e. The lowest BCUT2D eigenvalue weighted by molar-refractivity contribution is 0.0951. The largest absolute Gasteiger partial charge is 0.348 e. The molecule has 1 aromatic carbocycles. The molecule has 9 nitrogen and oxygen atoms in total. The second kappa shape index (κ2) is 7.04. The summed E-state index contributed by atoms with van der Waals surface area (Å²) in [4.78, 5) is 20.7. The summed E-state index contributed by atoms with van der Waals surface area (Å²) < 4.78 is 25.7. The maximum absolute atomic E-state index is 12.6. The summed E-state index contributed by atoms with van der Waals surface area (Å²) in [5.74, 6) is -0.00402. The van der Waals surface area contributed by atoms with Gasteiger partial charge in [-0.3, -0.25) is 19.2 Å². The topological polar surface area (TPSA) is 121 Å². The zero-order valence-corrected chi connectivity index (χ0v) is 15.8. The molecule has 1 aliphatic rings. The number of hydrogen-bond acceptors (Lipinski definition) is 6. The Morgan fingerprint density at radius 2 is 2.07 bits per heavy atom. The van der Waals surface area contributed by atoms with Crippen molar-refractivity contribution in [3.05, 3.63) is 71.6 Å². The number of aromatic amines is 1. The molecule has 3 heterocycles. The van der Waals surface area contributed by atoms with Crippen LogP contribution in [0.3, 0.4) is 0 Å². The predicted molar refractivity (Wildman–Crippen MR) is 102 cm³/mol. The summed E-state index contributed by atoms with van der Waals surface area (Å²) in [5.41, 5.74) is 2.66. The molecule has 0 bridgehead atoms. The van der Waals surface area contributed by atoms with Crippen molar-refractivity contribution in [2.24, 2.45) is 0 Å². The first-order valence-electron chi connectivity index (χ1n) is 8.57. The Labute approximate surface area is 161 Å². The van der Waals surface area contributed by atoms with E-state index < -0.39 is 10.0 Å². The lowest BCUT2D eigenvalue weighted by Crippen LogP contribution is -2.29. The summed E-state index contributed by atoms with van der Waals surface area (Å²) in [6, 6.07) is 8.66. The lowest BCUT2D eigenvalue weighted by atomic mass is 9.98. The third-order valence-electron chi connectivity index (χ3n) is 4.65. The van der Waals surface area contributed by atoms with Crippen molar-refractivity contribution in [2.45, 2.75) is 12.5 Å². The Morgan fingerprint density at radius 3 is 2.75 bits per heavy atom. The maximum Gasteiger partial charge on any atom is 0.251 e. The van der Waals surface area contributed by atoms with Crippen LogP contribution in [0.1, 0.15) is 33.2 Å². The molecule has 0 saturated heterocycles. The number of H-pyrrole nitrogens is 1. The highest BCUT2D eigenvalue weighted by atomic mass is 32.2. The zero-order valence-electron chi connectivity index (χ0n) is 15.0. The third kappa shape index (κ3) is 3.46. The standard InChI is InChI=1S/C18H18N6O3S/c1-28(26,27)24-10-15(17-21-11-22-23-17)14-8-13(2-3-16(14)24)18(25)20-9-12-4-6-19-7-5-12/h2-8,11,15H,9-10H2,1H3,(H,20,25)(H,21,22,23). The fourth-order valence-electron chi connectivity index (χ4n) is 3.28. The van der Waals surface area contributed by atoms with Gasteiger partial charge < -0.3 is 5.32 Å². The van der Waals surface area contributed by atoms with E-state index in [4.69, 9.17) is 0 Å². The van der Waals surface area contributed by atoms with Gasteiger partial charge in [-0.15, -0.1) is 0 Å². The Kier molecular flexibility index (Phi) is 4.55. The number of carbonyl (C=O) groups is 1. The van der Waals surface area contributed by atoms with E-state index in [0.29, 0.717) is 23.6 Å². The molecule has 28 heavy (non-hydrogen) atoms. The number of carbonyl (C=O) groups excluding carboxylic acids is 1. The number of aromatic nitrogens is 4. The molecular weight excluding hydrogens is 380 g/mol. The van der Waals surface area contributed by atoms with E-state index >= 15 is 0 Å². The van der Waals surface area contributed by atoms with Crippen LogP contribution in [-0.2, 0) is 16.6 Å². The van der Waals surface area contributed by atoms with Crippen LogP contribution in [0, 0.1) is 0 Å². The first-order chi connectivity index (χ1) is 13.4. The van der Waals surface area contributed by atoms with Gasteiger partial charge in [-0.05, 0) is 41.5 Å². The highest BCUT2D eigenvalue weighted by Gasteiger charge is 2.36. The van der Waals surface area contributed by atoms with E-state index in [2.05, 4.69) is 25.5 Å². The highest BCUT2D eigenvalue weighted by Crippen LogP contribution is 2.40. The normalized spacial score (nSPS) is 16.0. The van der Waals surface area contributed by atoms with Crippen molar-refractivity contribution in [1.82, 2.24) is 25.5 Å². The summed E-state index contributed by atoms with van der Waals surface area (Å²) in [6.07, 6.45) is 5.87. The first-order valence-corrected chi connectivity index (χ1v) is 10.4. The van der Waals surface area contributed by atoms with Crippen LogP contribution in [0.4, 0.5) is 5.69 Å². The van der Waals surface area contributed by atoms with Gasteiger partial charge in [-0.25, -0.2) is 13.4 Å². The number of nitrogens with one attached hydrogen (secondary N) is 2. The van der Waals surface area contributed by atoms with Crippen LogP contribution < -0.4 is 9.62 Å². The molecule has 2 aromatic heterocycles. The monoisotopic (exact) mass is 398 g/mol. The van der Waals surface area contributed by atoms with Gasteiger partial charge >= 0.3 is 0 Å². The molecule has 1 atom stereocenters. The minimum absolute atomic E-state index is 0.214. The minimum Gasteiger partial charge on any atom is -0.348 e. The van der Waals surface area contributed by atoms with Crippen LogP contribution in [0.15, 0.2) is 49.1 Å². The molecule has 144 valence electrons. The third-order valence-corrected chi connectivity index (χ3v) is 5.80. The van der Waals surface area contributed by atoms with Gasteiger partial charge in [0.15, 0.2) is 0 Å². The number of nitrogens with zero attached hydrogens (tertiary/aromatic N) is 4. The van der Waals surface area contributed by atoms with E-state index in [-0.39, 0.29) is 18.4 Å². The predicted octanol–water partition coefficient (Wildman–Crippen LogP) is 1.04. The number of pyridine rings is 1. The molecular formula is C18H18N6O3S. The van der Waals surface area contributed by atoms with Crippen LogP contribution in [-0.4, -0.2) is 47.3 Å². The van der Waals surface area contributed by atoms with Crippen molar-refractivity contribution >= 4 is 21.6 Å². The second-order valence-electron chi connectivity index (χ2n) is 6.53. The summed E-state index contributed by atoms with van der Waals surface area (Å²) >= 11 is 0. The average Bonchev–Trinajstić information content (AvgIpc) is 3.33. The van der Waals surface area contributed by atoms with Gasteiger partial charge in [0.1, 0.15) is 12.2 Å². The Hall–Kier alpha value is -3.27. The molecule has 0 fully saturated rings. The molecule has 0 aliphatic carbocycles. The van der Waals surface area contributed by atoms with Crippen molar-refractivity contribution in [2.75, 3.05) is 17.1 Å². The van der Waals surface area contributed by atoms with Gasteiger partial charge in [0.05, 0.1) is 17.9 Å². The Balaban J connectivity index is 1.63. The number of fused-ring (bicyclic) bond motifs is 1. The fourth-order valence-corrected chi connectivity index (χ4v) is 4.22. The summed E-state index contributed by atoms with van der Waals surface area (Å²) in [5, 5.41) is 9.52. The molecule has 1 unspecified atom stereocenters. The van der Waals surface area contributed by atoms with Crippen LogP contribution in [0.2, 0.25) is 0 Å². The van der Waals surface area contributed by atoms with Crippen molar-refractivity contribution in [3.8, 4) is 0 Å². The Morgan fingerprint density at radius 1 is 1.29 bits per heavy atom. The molecule has 2 N–H and O–H groups in total. The van der Waals surface area contributed by atoms with Crippen LogP contribution in [0.5, 0.6) is 0 Å². The maximum atomic E-state index is 12.6. The first kappa shape index (κ1) is 18.1. The van der Waals surface area contributed by atoms with E-state index in [9.17, 15) is 13.2 Å². The van der Waals surface area contributed by atoms with Crippen molar-refractivity contribution < 1.29 is 13.2 Å². The van der Waals surface area contributed by atoms with Crippen molar-refractivity contribution in [1.29, 1.82) is 0 Å². The quantitative estimate of drug-likeness (QED) is 0.662. The van der Waals surface area contributed by atoms with Gasteiger partial charge in [-0.2, -0.15) is 5.10 Å². The molecule has 10 heteroatoms.